The summed E-state index contributed by atoms with van der Waals surface area (Å²) in [6, 6.07) is 7.09. The molecular formula is C20H27NO7. The van der Waals surface area contributed by atoms with E-state index in [-0.39, 0.29) is 31.6 Å². The van der Waals surface area contributed by atoms with Crippen LogP contribution in [0.5, 0.6) is 5.75 Å². The first kappa shape index (κ1) is 23.1. The molecule has 0 saturated heterocycles. The molecule has 8 nitrogen and oxygen atoms in total. The molecule has 0 atom stereocenters. The quantitative estimate of drug-likeness (QED) is 0.118. The minimum absolute atomic E-state index is 0.0208. The number of hydrogen-bond donors (Lipinski definition) is 0. The zero-order chi connectivity index (χ0) is 20.6. The normalized spacial score (nSPS) is 10.6. The molecule has 0 aliphatic rings. The molecule has 0 aromatic heterocycles. The number of esters is 2. The van der Waals surface area contributed by atoms with Crippen molar-refractivity contribution < 1.29 is 29.0 Å². The average Bonchev–Trinajstić information content (AvgIpc) is 2.66. The van der Waals surface area contributed by atoms with E-state index in [0.29, 0.717) is 31.4 Å². The molecule has 0 bridgehead atoms. The van der Waals surface area contributed by atoms with E-state index < -0.39 is 5.09 Å². The summed E-state index contributed by atoms with van der Waals surface area (Å²) in [5.74, 6) is -0.104. The lowest BCUT2D eigenvalue weighted by molar-refractivity contribution is -0.757. The van der Waals surface area contributed by atoms with Crippen LogP contribution in [0.3, 0.4) is 0 Å². The molecule has 0 N–H and O–H groups in total. The molecule has 1 aromatic carbocycles. The molecule has 0 aliphatic heterocycles. The first-order valence-electron chi connectivity index (χ1n) is 9.35. The van der Waals surface area contributed by atoms with Crippen LogP contribution < -0.4 is 4.74 Å². The second kappa shape index (κ2) is 14.2. The Morgan fingerprint density at radius 1 is 1.04 bits per heavy atom. The largest absolute Gasteiger partial charge is 0.465 e. The van der Waals surface area contributed by atoms with E-state index in [1.165, 1.54) is 0 Å². The summed E-state index contributed by atoms with van der Waals surface area (Å²) >= 11 is 0. The Hall–Kier alpha value is -2.90. The molecular weight excluding hydrogens is 366 g/mol. The van der Waals surface area contributed by atoms with Gasteiger partial charge in [0.2, 0.25) is 0 Å². The van der Waals surface area contributed by atoms with Crippen LogP contribution in [-0.2, 0) is 25.6 Å². The molecule has 1 rings (SSSR count). The maximum absolute atomic E-state index is 11.7. The maximum atomic E-state index is 11.7. The van der Waals surface area contributed by atoms with E-state index in [2.05, 4.69) is 4.84 Å². The third-order valence-electron chi connectivity index (χ3n) is 3.77. The van der Waals surface area contributed by atoms with Gasteiger partial charge in [0.15, 0.2) is 0 Å². The number of hydrogen-bond acceptors (Lipinski definition) is 7. The van der Waals surface area contributed by atoms with Crippen LogP contribution in [0.1, 0.15) is 51.0 Å². The number of nitrogens with zero attached hydrogens (tertiary/aromatic N) is 1. The Morgan fingerprint density at radius 2 is 1.75 bits per heavy atom. The average molecular weight is 393 g/mol. The van der Waals surface area contributed by atoms with Crippen LogP contribution in [0, 0.1) is 10.1 Å². The highest BCUT2D eigenvalue weighted by Crippen LogP contribution is 2.14. The Morgan fingerprint density at radius 3 is 2.43 bits per heavy atom. The van der Waals surface area contributed by atoms with Crippen molar-refractivity contribution in [3.05, 3.63) is 52.1 Å². The molecule has 0 amide bonds. The summed E-state index contributed by atoms with van der Waals surface area (Å²) in [7, 11) is 0. The fourth-order valence-corrected chi connectivity index (χ4v) is 2.30. The van der Waals surface area contributed by atoms with Crippen LogP contribution in [-0.4, -0.2) is 30.2 Å². The van der Waals surface area contributed by atoms with E-state index in [0.717, 1.165) is 18.4 Å². The van der Waals surface area contributed by atoms with Gasteiger partial charge in [0, 0.05) is 19.3 Å². The number of allylic oxidation sites excluding steroid dienone is 2. The van der Waals surface area contributed by atoms with Crippen molar-refractivity contribution in [3.63, 3.8) is 0 Å². The first-order chi connectivity index (χ1) is 13.5. The SMILES string of the molecule is C/C=C\CCCC(=O)Oc1ccc(CCOC(=O)CCCCO[N+](=O)[O-])cc1. The second-order valence-corrected chi connectivity index (χ2v) is 6.06. The molecule has 0 spiro atoms. The van der Waals surface area contributed by atoms with E-state index in [4.69, 9.17) is 9.47 Å². The van der Waals surface area contributed by atoms with Crippen molar-refractivity contribution in [2.75, 3.05) is 13.2 Å². The highest BCUT2D eigenvalue weighted by molar-refractivity contribution is 5.72. The van der Waals surface area contributed by atoms with Gasteiger partial charge in [-0.3, -0.25) is 9.59 Å². The minimum atomic E-state index is -0.851. The molecule has 0 unspecified atom stereocenters. The topological polar surface area (TPSA) is 105 Å². The summed E-state index contributed by atoms with van der Waals surface area (Å²) in [6.45, 7) is 2.17. The number of benzene rings is 1. The molecule has 0 aliphatic carbocycles. The zero-order valence-corrected chi connectivity index (χ0v) is 16.1. The first-order valence-corrected chi connectivity index (χ1v) is 9.35. The molecule has 8 heteroatoms. The third kappa shape index (κ3) is 11.7. The van der Waals surface area contributed by atoms with Gasteiger partial charge in [-0.1, -0.05) is 24.3 Å². The number of unbranched alkanes of at least 4 members (excludes halogenated alkanes) is 2. The van der Waals surface area contributed by atoms with Crippen LogP contribution in [0.25, 0.3) is 0 Å². The standard InChI is InChI=1S/C20H27NO7/c1-2-3-4-5-9-20(23)28-18-12-10-17(11-13-18)14-16-26-19(22)8-6-7-15-27-21(24)25/h2-3,10-13H,4-9,14-16H2,1H3/b3-2-. The summed E-state index contributed by atoms with van der Waals surface area (Å²) in [5, 5.41) is 9.12. The van der Waals surface area contributed by atoms with E-state index in [1.54, 1.807) is 12.1 Å². The van der Waals surface area contributed by atoms with Crippen molar-refractivity contribution in [1.82, 2.24) is 0 Å². The molecule has 0 heterocycles. The van der Waals surface area contributed by atoms with E-state index in [9.17, 15) is 19.7 Å². The molecule has 0 radical (unpaired) electrons. The zero-order valence-electron chi connectivity index (χ0n) is 16.1. The summed E-state index contributed by atoms with van der Waals surface area (Å²) in [5.41, 5.74) is 0.958. The van der Waals surface area contributed by atoms with Gasteiger partial charge < -0.3 is 14.3 Å². The van der Waals surface area contributed by atoms with Gasteiger partial charge in [0.1, 0.15) is 5.75 Å². The van der Waals surface area contributed by atoms with Gasteiger partial charge >= 0.3 is 11.9 Å². The van der Waals surface area contributed by atoms with E-state index in [1.807, 2.05) is 31.2 Å². The third-order valence-corrected chi connectivity index (χ3v) is 3.77. The number of carbonyl (C=O) groups excluding carboxylic acids is 2. The highest BCUT2D eigenvalue weighted by atomic mass is 16.9. The van der Waals surface area contributed by atoms with Crippen molar-refractivity contribution in [2.45, 2.75) is 51.9 Å². The lowest BCUT2D eigenvalue weighted by Gasteiger charge is -2.07. The van der Waals surface area contributed by atoms with Crippen LogP contribution in [0.15, 0.2) is 36.4 Å². The lowest BCUT2D eigenvalue weighted by Crippen LogP contribution is -2.09. The van der Waals surface area contributed by atoms with Gasteiger partial charge in [-0.2, -0.15) is 0 Å². The Labute approximate surface area is 164 Å². The van der Waals surface area contributed by atoms with Gasteiger partial charge in [-0.05, 0) is 50.3 Å². The molecule has 0 saturated carbocycles. The van der Waals surface area contributed by atoms with Crippen LogP contribution in [0.4, 0.5) is 0 Å². The fourth-order valence-electron chi connectivity index (χ4n) is 2.30. The molecule has 28 heavy (non-hydrogen) atoms. The number of carbonyl (C=O) groups is 2. The van der Waals surface area contributed by atoms with Gasteiger partial charge in [-0.15, -0.1) is 10.1 Å². The van der Waals surface area contributed by atoms with E-state index >= 15 is 0 Å². The van der Waals surface area contributed by atoms with Gasteiger partial charge in [0.05, 0.1) is 13.2 Å². The fraction of sp³-hybridized carbons (Fsp3) is 0.500. The predicted molar refractivity (Wildman–Crippen MR) is 102 cm³/mol. The van der Waals surface area contributed by atoms with Crippen molar-refractivity contribution in [2.24, 2.45) is 0 Å². The molecule has 154 valence electrons. The molecule has 1 aromatic rings. The van der Waals surface area contributed by atoms with Crippen LogP contribution >= 0.6 is 0 Å². The van der Waals surface area contributed by atoms with Crippen molar-refractivity contribution >= 4 is 11.9 Å². The highest BCUT2D eigenvalue weighted by Gasteiger charge is 2.06. The van der Waals surface area contributed by atoms with Crippen molar-refractivity contribution in [1.29, 1.82) is 0 Å². The Bertz CT molecular complexity index is 640. The number of rotatable bonds is 14. The van der Waals surface area contributed by atoms with Crippen molar-refractivity contribution in [3.8, 4) is 5.75 Å². The maximum Gasteiger partial charge on any atom is 0.311 e. The molecule has 0 fully saturated rings. The van der Waals surface area contributed by atoms with Gasteiger partial charge in [-0.25, -0.2) is 0 Å². The minimum Gasteiger partial charge on any atom is -0.465 e. The Balaban J connectivity index is 2.18. The predicted octanol–water partition coefficient (Wildman–Crippen LogP) is 3.80. The second-order valence-electron chi connectivity index (χ2n) is 6.06. The summed E-state index contributed by atoms with van der Waals surface area (Å²) < 4.78 is 10.4. The monoisotopic (exact) mass is 393 g/mol. The number of ether oxygens (including phenoxy) is 2. The summed E-state index contributed by atoms with van der Waals surface area (Å²) in [6.07, 6.45) is 7.60. The lowest BCUT2D eigenvalue weighted by atomic mass is 10.1. The van der Waals surface area contributed by atoms with Gasteiger partial charge in [0.25, 0.3) is 5.09 Å². The summed E-state index contributed by atoms with van der Waals surface area (Å²) in [4.78, 5) is 37.4. The Kier molecular flexibility index (Phi) is 11.7. The van der Waals surface area contributed by atoms with Crippen LogP contribution in [0.2, 0.25) is 0 Å². The smallest absolute Gasteiger partial charge is 0.311 e.